The van der Waals surface area contributed by atoms with Crippen LogP contribution in [0.2, 0.25) is 0 Å². The lowest BCUT2D eigenvalue weighted by atomic mass is 10.2. The first-order chi connectivity index (χ1) is 4.30. The molecule has 0 aromatic heterocycles. The minimum absolute atomic E-state index is 0.0995. The van der Waals surface area contributed by atoms with Gasteiger partial charge in [-0.3, -0.25) is 0 Å². The Morgan fingerprint density at radius 1 is 1.67 bits per heavy atom. The van der Waals surface area contributed by atoms with E-state index in [1.807, 2.05) is 31.2 Å². The lowest BCUT2D eigenvalue weighted by Crippen LogP contribution is -1.80. The number of halogens is 1. The molecule has 0 N–H and O–H groups in total. The van der Waals surface area contributed by atoms with E-state index in [2.05, 4.69) is 6.07 Å². The normalized spacial score (nSPS) is 13.1. The van der Waals surface area contributed by atoms with Gasteiger partial charge in [-0.1, -0.05) is 18.2 Å². The van der Waals surface area contributed by atoms with E-state index in [1.54, 1.807) is 0 Å². The monoisotopic (exact) mass is 139 g/mol. The second-order valence-electron chi connectivity index (χ2n) is 1.95. The second-order valence-corrected chi connectivity index (χ2v) is 2.61. The van der Waals surface area contributed by atoms with Crippen LogP contribution in [-0.2, 0) is 0 Å². The zero-order chi connectivity index (χ0) is 6.69. The molecule has 9 heavy (non-hydrogen) atoms. The Hall–Kier alpha value is -0.490. The summed E-state index contributed by atoms with van der Waals surface area (Å²) < 4.78 is 0. The van der Waals surface area contributed by atoms with Crippen LogP contribution in [0.3, 0.4) is 0 Å². The number of benzene rings is 1. The molecule has 0 nitrogen and oxygen atoms in total. The summed E-state index contributed by atoms with van der Waals surface area (Å²) in [5, 5.41) is 0.0995. The third-order valence-corrected chi connectivity index (χ3v) is 1.44. The van der Waals surface area contributed by atoms with Gasteiger partial charge < -0.3 is 0 Å². The van der Waals surface area contributed by atoms with Gasteiger partial charge in [0, 0.05) is 0 Å². The molecule has 1 aromatic rings. The molecule has 0 saturated carbocycles. The van der Waals surface area contributed by atoms with Crippen LogP contribution in [0.25, 0.3) is 0 Å². The molecule has 1 unspecified atom stereocenters. The van der Waals surface area contributed by atoms with E-state index in [0.717, 1.165) is 5.56 Å². The maximum absolute atomic E-state index is 5.78. The highest BCUT2D eigenvalue weighted by Crippen LogP contribution is 2.17. The Morgan fingerprint density at radius 2 is 2.44 bits per heavy atom. The molecule has 0 fully saturated rings. The average molecular weight is 140 g/mol. The summed E-state index contributed by atoms with van der Waals surface area (Å²) in [6.07, 6.45) is 0. The maximum Gasteiger partial charge on any atom is 0.0557 e. The molecule has 1 heteroatoms. The van der Waals surface area contributed by atoms with Crippen LogP contribution in [0, 0.1) is 6.07 Å². The Morgan fingerprint density at radius 3 is 2.78 bits per heavy atom. The fourth-order valence-electron chi connectivity index (χ4n) is 0.655. The number of rotatable bonds is 1. The van der Waals surface area contributed by atoms with E-state index in [4.69, 9.17) is 11.6 Å². The van der Waals surface area contributed by atoms with Crippen molar-refractivity contribution in [1.29, 1.82) is 0 Å². The van der Waals surface area contributed by atoms with Crippen molar-refractivity contribution in [3.05, 3.63) is 35.9 Å². The van der Waals surface area contributed by atoms with Crippen LogP contribution in [-0.4, -0.2) is 0 Å². The molecule has 0 aliphatic carbocycles. The Kier molecular flexibility index (Phi) is 2.12. The van der Waals surface area contributed by atoms with Crippen LogP contribution in [0.5, 0.6) is 0 Å². The predicted molar refractivity (Wildman–Crippen MR) is 39.5 cm³/mol. The lowest BCUT2D eigenvalue weighted by molar-refractivity contribution is 1.08. The van der Waals surface area contributed by atoms with E-state index in [-0.39, 0.29) is 5.38 Å². The molecular formula is C8H8Cl. The molecule has 1 aromatic carbocycles. The maximum atomic E-state index is 5.78. The molecule has 0 spiro atoms. The topological polar surface area (TPSA) is 0 Å². The Balaban J connectivity index is 2.85. The summed E-state index contributed by atoms with van der Waals surface area (Å²) in [6, 6.07) is 10.7. The van der Waals surface area contributed by atoms with Gasteiger partial charge in [-0.05, 0) is 24.6 Å². The molecule has 0 amide bonds. The molecule has 0 aliphatic heterocycles. The average Bonchev–Trinajstić information content (AvgIpc) is 1.90. The molecule has 1 atom stereocenters. The SMILES string of the molecule is CC(Cl)c1c[c]ccc1. The van der Waals surface area contributed by atoms with Crippen molar-refractivity contribution in [1.82, 2.24) is 0 Å². The molecule has 47 valence electrons. The summed E-state index contributed by atoms with van der Waals surface area (Å²) in [4.78, 5) is 0. The van der Waals surface area contributed by atoms with E-state index in [9.17, 15) is 0 Å². The van der Waals surface area contributed by atoms with Crippen molar-refractivity contribution >= 4 is 11.6 Å². The minimum Gasteiger partial charge on any atom is -0.118 e. The fraction of sp³-hybridized carbons (Fsp3) is 0.250. The van der Waals surface area contributed by atoms with Gasteiger partial charge in [0.1, 0.15) is 0 Å². The number of alkyl halides is 1. The lowest BCUT2D eigenvalue weighted by Gasteiger charge is -1.99. The molecule has 0 saturated heterocycles. The van der Waals surface area contributed by atoms with Gasteiger partial charge in [-0.25, -0.2) is 0 Å². The smallest absolute Gasteiger partial charge is 0.0557 e. The summed E-state index contributed by atoms with van der Waals surface area (Å²) in [5.74, 6) is 0. The molecular weight excluding hydrogens is 132 g/mol. The quantitative estimate of drug-likeness (QED) is 0.525. The summed E-state index contributed by atoms with van der Waals surface area (Å²) in [6.45, 7) is 1.95. The van der Waals surface area contributed by atoms with Crippen LogP contribution in [0.4, 0.5) is 0 Å². The van der Waals surface area contributed by atoms with Crippen molar-refractivity contribution in [2.24, 2.45) is 0 Å². The second kappa shape index (κ2) is 2.88. The first-order valence-corrected chi connectivity index (χ1v) is 3.34. The van der Waals surface area contributed by atoms with Crippen molar-refractivity contribution < 1.29 is 0 Å². The Bertz CT molecular complexity index is 167. The van der Waals surface area contributed by atoms with E-state index >= 15 is 0 Å². The minimum atomic E-state index is 0.0995. The standard InChI is InChI=1S/C8H8Cl/c1-7(9)8-5-3-2-4-6-8/h2-3,5-7H,1H3. The van der Waals surface area contributed by atoms with Crippen molar-refractivity contribution in [3.63, 3.8) is 0 Å². The van der Waals surface area contributed by atoms with Crippen LogP contribution in [0.1, 0.15) is 17.9 Å². The molecule has 0 heterocycles. The highest BCUT2D eigenvalue weighted by atomic mass is 35.5. The van der Waals surface area contributed by atoms with E-state index < -0.39 is 0 Å². The van der Waals surface area contributed by atoms with Gasteiger partial charge >= 0.3 is 0 Å². The van der Waals surface area contributed by atoms with Gasteiger partial charge in [-0.15, -0.1) is 11.6 Å². The molecule has 1 rings (SSSR count). The predicted octanol–water partition coefficient (Wildman–Crippen LogP) is 2.79. The molecule has 1 radical (unpaired) electrons. The first kappa shape index (κ1) is 6.63. The summed E-state index contributed by atoms with van der Waals surface area (Å²) in [5.41, 5.74) is 1.12. The third-order valence-electron chi connectivity index (χ3n) is 1.19. The van der Waals surface area contributed by atoms with Gasteiger partial charge in [0.25, 0.3) is 0 Å². The molecule has 0 aliphatic rings. The highest BCUT2D eigenvalue weighted by Gasteiger charge is 1.96. The van der Waals surface area contributed by atoms with E-state index in [1.165, 1.54) is 0 Å². The summed E-state index contributed by atoms with van der Waals surface area (Å²) >= 11 is 5.78. The van der Waals surface area contributed by atoms with Crippen molar-refractivity contribution in [2.75, 3.05) is 0 Å². The zero-order valence-electron chi connectivity index (χ0n) is 5.26. The fourth-order valence-corrected chi connectivity index (χ4v) is 0.790. The van der Waals surface area contributed by atoms with Gasteiger partial charge in [0.2, 0.25) is 0 Å². The summed E-state index contributed by atoms with van der Waals surface area (Å²) in [7, 11) is 0. The highest BCUT2D eigenvalue weighted by molar-refractivity contribution is 6.20. The van der Waals surface area contributed by atoms with Crippen molar-refractivity contribution in [3.8, 4) is 0 Å². The zero-order valence-corrected chi connectivity index (χ0v) is 6.02. The van der Waals surface area contributed by atoms with Gasteiger partial charge in [0.05, 0.1) is 5.38 Å². The largest absolute Gasteiger partial charge is 0.118 e. The van der Waals surface area contributed by atoms with Crippen molar-refractivity contribution in [2.45, 2.75) is 12.3 Å². The van der Waals surface area contributed by atoms with Crippen LogP contribution >= 0.6 is 11.6 Å². The third kappa shape index (κ3) is 1.72. The van der Waals surface area contributed by atoms with Gasteiger partial charge in [-0.2, -0.15) is 0 Å². The van der Waals surface area contributed by atoms with E-state index in [0.29, 0.717) is 0 Å². The van der Waals surface area contributed by atoms with Crippen LogP contribution < -0.4 is 0 Å². The number of hydrogen-bond donors (Lipinski definition) is 0. The first-order valence-electron chi connectivity index (χ1n) is 2.91. The number of hydrogen-bond acceptors (Lipinski definition) is 0. The molecule has 0 bridgehead atoms. The Labute approximate surface area is 60.5 Å². The van der Waals surface area contributed by atoms with Crippen LogP contribution in [0.15, 0.2) is 24.3 Å². The van der Waals surface area contributed by atoms with Gasteiger partial charge in [0.15, 0.2) is 0 Å².